The van der Waals surface area contributed by atoms with E-state index in [1.807, 2.05) is 0 Å². The Morgan fingerprint density at radius 2 is 2.14 bits per heavy atom. The van der Waals surface area contributed by atoms with Gasteiger partial charge < -0.3 is 19.0 Å². The molecule has 9 heteroatoms. The molecule has 0 aliphatic carbocycles. The molecule has 2 N–H and O–H groups in total. The van der Waals surface area contributed by atoms with E-state index >= 15 is 0 Å². The van der Waals surface area contributed by atoms with Gasteiger partial charge in [-0.25, -0.2) is 5.43 Å². The summed E-state index contributed by atoms with van der Waals surface area (Å²) in [6.45, 7) is 0.151. The third-order valence-corrected chi connectivity index (χ3v) is 4.55. The normalized spacial score (nSPS) is 10.9. The van der Waals surface area contributed by atoms with Crippen LogP contribution in [0.15, 0.2) is 62.5 Å². The van der Waals surface area contributed by atoms with Crippen molar-refractivity contribution in [1.82, 2.24) is 5.43 Å². The molecule has 0 spiro atoms. The van der Waals surface area contributed by atoms with Crippen molar-refractivity contribution in [3.05, 3.63) is 75.1 Å². The van der Waals surface area contributed by atoms with Crippen LogP contribution >= 0.6 is 27.5 Å². The Morgan fingerprint density at radius 3 is 2.90 bits per heavy atom. The molecule has 0 saturated carbocycles. The van der Waals surface area contributed by atoms with Crippen molar-refractivity contribution < 1.29 is 23.8 Å². The van der Waals surface area contributed by atoms with E-state index in [4.69, 9.17) is 25.5 Å². The summed E-state index contributed by atoms with van der Waals surface area (Å²) in [6.07, 6.45) is 1.41. The third kappa shape index (κ3) is 5.52. The van der Waals surface area contributed by atoms with Gasteiger partial charge >= 0.3 is 5.91 Å². The lowest BCUT2D eigenvalue weighted by molar-refractivity contribution is 0.0923. The number of furan rings is 1. The number of hydrogen-bond acceptors (Lipinski definition) is 6. The molecule has 1 amide bonds. The van der Waals surface area contributed by atoms with E-state index in [-0.39, 0.29) is 23.9 Å². The van der Waals surface area contributed by atoms with Crippen LogP contribution in [0.2, 0.25) is 5.02 Å². The topological polar surface area (TPSA) is 93.3 Å². The lowest BCUT2D eigenvalue weighted by atomic mass is 10.2. The first-order valence-corrected chi connectivity index (χ1v) is 9.50. The fourth-order valence-corrected chi connectivity index (χ4v) is 2.97. The molecule has 3 aromatic rings. The number of halogens is 2. The molecule has 2 aromatic carbocycles. The van der Waals surface area contributed by atoms with Crippen molar-refractivity contribution in [3.8, 4) is 17.2 Å². The number of rotatable bonds is 7. The van der Waals surface area contributed by atoms with Crippen LogP contribution in [0.1, 0.15) is 21.9 Å². The van der Waals surface area contributed by atoms with Crippen LogP contribution in [0.3, 0.4) is 0 Å². The van der Waals surface area contributed by atoms with Gasteiger partial charge in [-0.2, -0.15) is 5.10 Å². The number of phenolic OH excluding ortho intramolecular Hbond substituents is 1. The molecule has 1 heterocycles. The second-order valence-corrected chi connectivity index (χ2v) is 7.06. The molecule has 7 nitrogen and oxygen atoms in total. The summed E-state index contributed by atoms with van der Waals surface area (Å²) in [5.41, 5.74) is 2.99. The van der Waals surface area contributed by atoms with Gasteiger partial charge in [-0.1, -0.05) is 17.7 Å². The fraction of sp³-hybridized carbons (Fsp3) is 0.100. The van der Waals surface area contributed by atoms with Gasteiger partial charge in [0, 0.05) is 5.02 Å². The molecule has 0 saturated heterocycles. The molecule has 3 rings (SSSR count). The molecule has 150 valence electrons. The minimum Gasteiger partial charge on any atom is -0.503 e. The summed E-state index contributed by atoms with van der Waals surface area (Å²) >= 11 is 9.13. The van der Waals surface area contributed by atoms with Crippen LogP contribution in [0.5, 0.6) is 17.2 Å². The van der Waals surface area contributed by atoms with Gasteiger partial charge in [-0.3, -0.25) is 4.79 Å². The molecule has 0 aliphatic heterocycles. The van der Waals surface area contributed by atoms with E-state index in [9.17, 15) is 9.90 Å². The molecule has 0 fully saturated rings. The second-order valence-electron chi connectivity index (χ2n) is 5.76. The zero-order chi connectivity index (χ0) is 20.8. The molecule has 0 radical (unpaired) electrons. The molecule has 0 aliphatic rings. The van der Waals surface area contributed by atoms with E-state index in [2.05, 4.69) is 26.5 Å². The van der Waals surface area contributed by atoms with Crippen LogP contribution in [0.4, 0.5) is 0 Å². The van der Waals surface area contributed by atoms with E-state index in [1.165, 1.54) is 19.4 Å². The Labute approximate surface area is 180 Å². The van der Waals surface area contributed by atoms with E-state index in [0.717, 1.165) is 0 Å². The van der Waals surface area contributed by atoms with Crippen LogP contribution in [-0.2, 0) is 6.61 Å². The van der Waals surface area contributed by atoms with Crippen molar-refractivity contribution in [1.29, 1.82) is 0 Å². The predicted octanol–water partition coefficient (Wildman–Crippen LogP) is 4.75. The molecular weight excluding hydrogens is 464 g/mol. The van der Waals surface area contributed by atoms with Gasteiger partial charge in [0.05, 0.1) is 17.8 Å². The first kappa shape index (κ1) is 20.8. The van der Waals surface area contributed by atoms with Crippen molar-refractivity contribution in [2.24, 2.45) is 5.10 Å². The molecule has 0 atom stereocenters. The molecular formula is C20H16BrClN2O5. The highest BCUT2D eigenvalue weighted by Gasteiger charge is 2.11. The maximum atomic E-state index is 12.2. The smallest absolute Gasteiger partial charge is 0.307 e. The molecule has 0 unspecified atom stereocenters. The monoisotopic (exact) mass is 478 g/mol. The summed E-state index contributed by atoms with van der Waals surface area (Å²) in [6, 6.07) is 13.4. The zero-order valence-electron chi connectivity index (χ0n) is 15.2. The average Bonchev–Trinajstić information content (AvgIpc) is 3.18. The van der Waals surface area contributed by atoms with Crippen molar-refractivity contribution >= 4 is 39.7 Å². The standard InChI is InChI=1S/C20H16BrClN2O5/c1-27-18-8-12(7-16(21)19(18)25)10-23-24-20(26)17-6-5-15(29-17)11-28-14-4-2-3-13(22)9-14/h2-10,25H,11H2,1H3,(H,24,26)/b23-10+. The van der Waals surface area contributed by atoms with Crippen molar-refractivity contribution in [2.45, 2.75) is 6.61 Å². The Balaban J connectivity index is 1.57. The highest BCUT2D eigenvalue weighted by molar-refractivity contribution is 9.10. The average molecular weight is 480 g/mol. The number of phenols is 1. The van der Waals surface area contributed by atoms with Gasteiger partial charge in [-0.15, -0.1) is 0 Å². The number of benzene rings is 2. The largest absolute Gasteiger partial charge is 0.503 e. The van der Waals surface area contributed by atoms with Gasteiger partial charge in [0.1, 0.15) is 18.1 Å². The van der Waals surface area contributed by atoms with Crippen LogP contribution < -0.4 is 14.9 Å². The lowest BCUT2D eigenvalue weighted by Crippen LogP contribution is -2.16. The number of ether oxygens (including phenoxy) is 2. The number of nitrogens with zero attached hydrogens (tertiary/aromatic N) is 1. The predicted molar refractivity (Wildman–Crippen MR) is 112 cm³/mol. The van der Waals surface area contributed by atoms with Gasteiger partial charge in [-0.05, 0) is 64.0 Å². The first-order chi connectivity index (χ1) is 14.0. The summed E-state index contributed by atoms with van der Waals surface area (Å²) in [7, 11) is 1.44. The number of amides is 1. The third-order valence-electron chi connectivity index (χ3n) is 3.71. The van der Waals surface area contributed by atoms with Crippen LogP contribution in [0.25, 0.3) is 0 Å². The number of carbonyl (C=O) groups is 1. The second kappa shape index (κ2) is 9.49. The van der Waals surface area contributed by atoms with Crippen molar-refractivity contribution in [2.75, 3.05) is 7.11 Å². The highest BCUT2D eigenvalue weighted by Crippen LogP contribution is 2.34. The molecule has 29 heavy (non-hydrogen) atoms. The summed E-state index contributed by atoms with van der Waals surface area (Å²) in [5.74, 6) is 0.919. The number of hydrazone groups is 1. The summed E-state index contributed by atoms with van der Waals surface area (Å²) < 4.78 is 16.5. The SMILES string of the molecule is COc1cc(/C=N/NC(=O)c2ccc(COc3cccc(Cl)c3)o2)cc(Br)c1O. The molecule has 1 aromatic heterocycles. The van der Waals surface area contributed by atoms with Crippen LogP contribution in [0, 0.1) is 0 Å². The summed E-state index contributed by atoms with van der Waals surface area (Å²) in [4.78, 5) is 12.2. The Kier molecular flexibility index (Phi) is 6.79. The minimum atomic E-state index is -0.514. The number of nitrogens with one attached hydrogen (secondary N) is 1. The number of hydrogen-bond donors (Lipinski definition) is 2. The lowest BCUT2D eigenvalue weighted by Gasteiger charge is -2.06. The van der Waals surface area contributed by atoms with E-state index < -0.39 is 5.91 Å². The fourth-order valence-electron chi connectivity index (χ4n) is 2.33. The van der Waals surface area contributed by atoms with Gasteiger partial charge in [0.2, 0.25) is 0 Å². The van der Waals surface area contributed by atoms with Crippen LogP contribution in [-0.4, -0.2) is 24.3 Å². The number of carbonyl (C=O) groups excluding carboxylic acids is 1. The van der Waals surface area contributed by atoms with Crippen molar-refractivity contribution in [3.63, 3.8) is 0 Å². The van der Waals surface area contributed by atoms with E-state index in [0.29, 0.717) is 26.6 Å². The zero-order valence-corrected chi connectivity index (χ0v) is 17.5. The quantitative estimate of drug-likeness (QED) is 0.377. The Bertz CT molecular complexity index is 1050. The number of aromatic hydroxyl groups is 1. The van der Waals surface area contributed by atoms with E-state index in [1.54, 1.807) is 42.5 Å². The maximum absolute atomic E-state index is 12.2. The first-order valence-electron chi connectivity index (χ1n) is 8.33. The number of methoxy groups -OCH3 is 1. The Hall–Kier alpha value is -2.97. The minimum absolute atomic E-state index is 0.0169. The summed E-state index contributed by atoms with van der Waals surface area (Å²) in [5, 5.41) is 14.3. The molecule has 0 bridgehead atoms. The Morgan fingerprint density at radius 1 is 1.31 bits per heavy atom. The highest BCUT2D eigenvalue weighted by atomic mass is 79.9. The maximum Gasteiger partial charge on any atom is 0.307 e. The van der Waals surface area contributed by atoms with Gasteiger partial charge in [0.25, 0.3) is 0 Å². The van der Waals surface area contributed by atoms with Gasteiger partial charge in [0.15, 0.2) is 17.3 Å².